The number of hydrogen-bond donors (Lipinski definition) is 0. The summed E-state index contributed by atoms with van der Waals surface area (Å²) in [5.74, 6) is 1.02. The average Bonchev–Trinajstić information content (AvgIpc) is 3.45. The predicted octanol–water partition coefficient (Wildman–Crippen LogP) is 5.16. The summed E-state index contributed by atoms with van der Waals surface area (Å²) in [6.45, 7) is 1.33. The van der Waals surface area contributed by atoms with Crippen molar-refractivity contribution in [2.45, 2.75) is 12.6 Å². The first-order chi connectivity index (χ1) is 16.0. The second-order valence-corrected chi connectivity index (χ2v) is 9.31. The number of halogens is 2. The zero-order valence-electron chi connectivity index (χ0n) is 17.8. The zero-order valence-corrected chi connectivity index (χ0v) is 19.4. The van der Waals surface area contributed by atoms with Crippen LogP contribution in [0.2, 0.25) is 5.02 Å². The first-order valence-corrected chi connectivity index (χ1v) is 11.7. The molecule has 0 radical (unpaired) electrons. The molecule has 5 rings (SSSR count). The van der Waals surface area contributed by atoms with Crippen LogP contribution in [0.15, 0.2) is 59.7 Å². The molecule has 0 aliphatic carbocycles. The topological polar surface area (TPSA) is 56.6 Å². The summed E-state index contributed by atoms with van der Waals surface area (Å²) in [4.78, 5) is 20.6. The molecular weight excluding hydrogens is 465 g/mol. The first-order valence-electron chi connectivity index (χ1n) is 10.5. The van der Waals surface area contributed by atoms with Gasteiger partial charge in [0.1, 0.15) is 23.9 Å². The quantitative estimate of drug-likeness (QED) is 0.378. The highest BCUT2D eigenvalue weighted by Gasteiger charge is 2.22. The molecule has 1 unspecified atom stereocenters. The molecule has 1 aliphatic heterocycles. The van der Waals surface area contributed by atoms with E-state index in [0.29, 0.717) is 51.9 Å². The summed E-state index contributed by atoms with van der Waals surface area (Å²) in [6.07, 6.45) is 1.24. The zero-order chi connectivity index (χ0) is 22.9. The van der Waals surface area contributed by atoms with Gasteiger partial charge in [-0.3, -0.25) is 14.3 Å². The predicted molar refractivity (Wildman–Crippen MR) is 129 cm³/mol. The highest BCUT2D eigenvalue weighted by Crippen LogP contribution is 2.33. The number of benzene rings is 2. The maximum Gasteiger partial charge on any atom is 0.275 e. The number of thiophene rings is 1. The van der Waals surface area contributed by atoms with Gasteiger partial charge < -0.3 is 9.47 Å². The van der Waals surface area contributed by atoms with E-state index in [9.17, 15) is 9.18 Å². The number of aromatic nitrogens is 2. The van der Waals surface area contributed by atoms with Gasteiger partial charge in [-0.2, -0.15) is 0 Å². The number of hydrogen-bond acceptors (Lipinski definition) is 6. The molecule has 0 N–H and O–H groups in total. The van der Waals surface area contributed by atoms with Crippen LogP contribution in [0, 0.1) is 0 Å². The standard InChI is InChI=1S/C24H21ClFN3O3S/c1-31-21-10-18(6-7-20(21)32-14-28-9-8-17(26)12-28)29-13-27-19-11-22(33-23(19)24(29)30)15-2-4-16(25)5-3-15/h2-7,10-11,13,17H,8-9,12,14H2,1H3. The lowest BCUT2D eigenvalue weighted by Gasteiger charge is -2.18. The third kappa shape index (κ3) is 4.46. The van der Waals surface area contributed by atoms with Crippen LogP contribution in [-0.4, -0.2) is 47.6 Å². The molecule has 33 heavy (non-hydrogen) atoms. The highest BCUT2D eigenvalue weighted by molar-refractivity contribution is 7.22. The van der Waals surface area contributed by atoms with E-state index in [1.165, 1.54) is 22.2 Å². The Kier molecular flexibility index (Phi) is 6.05. The molecule has 4 aromatic rings. The van der Waals surface area contributed by atoms with Crippen LogP contribution in [-0.2, 0) is 0 Å². The fourth-order valence-electron chi connectivity index (χ4n) is 3.84. The SMILES string of the molecule is COc1cc(-n2cnc3cc(-c4ccc(Cl)cc4)sc3c2=O)ccc1OCN1CCC(F)C1. The van der Waals surface area contributed by atoms with Crippen LogP contribution in [0.25, 0.3) is 26.3 Å². The third-order valence-electron chi connectivity index (χ3n) is 5.61. The minimum Gasteiger partial charge on any atom is -0.493 e. The van der Waals surface area contributed by atoms with Crippen LogP contribution in [0.3, 0.4) is 0 Å². The summed E-state index contributed by atoms with van der Waals surface area (Å²) >= 11 is 7.38. The number of nitrogens with zero attached hydrogens (tertiary/aromatic N) is 3. The third-order valence-corrected chi connectivity index (χ3v) is 7.02. The van der Waals surface area contributed by atoms with Crippen molar-refractivity contribution < 1.29 is 13.9 Å². The van der Waals surface area contributed by atoms with E-state index in [0.717, 1.165) is 10.4 Å². The summed E-state index contributed by atoms with van der Waals surface area (Å²) in [5, 5.41) is 0.661. The summed E-state index contributed by atoms with van der Waals surface area (Å²) in [6, 6.07) is 14.7. The highest BCUT2D eigenvalue weighted by atomic mass is 35.5. The number of ether oxygens (including phenoxy) is 2. The second-order valence-electron chi connectivity index (χ2n) is 7.82. The van der Waals surface area contributed by atoms with Crippen LogP contribution < -0.4 is 15.0 Å². The van der Waals surface area contributed by atoms with Crippen molar-refractivity contribution in [2.75, 3.05) is 26.9 Å². The Labute approximate surface area is 198 Å². The van der Waals surface area contributed by atoms with Gasteiger partial charge in [-0.15, -0.1) is 11.3 Å². The molecule has 1 saturated heterocycles. The molecule has 1 fully saturated rings. The first kappa shape index (κ1) is 21.9. The fourth-order valence-corrected chi connectivity index (χ4v) is 5.01. The lowest BCUT2D eigenvalue weighted by Crippen LogP contribution is -2.26. The largest absolute Gasteiger partial charge is 0.493 e. The Morgan fingerprint density at radius 3 is 2.73 bits per heavy atom. The van der Waals surface area contributed by atoms with Gasteiger partial charge in [-0.25, -0.2) is 9.37 Å². The van der Waals surface area contributed by atoms with Crippen molar-refractivity contribution in [1.29, 1.82) is 0 Å². The molecule has 3 heterocycles. The minimum atomic E-state index is -0.801. The lowest BCUT2D eigenvalue weighted by atomic mass is 10.2. The van der Waals surface area contributed by atoms with Gasteiger partial charge >= 0.3 is 0 Å². The van der Waals surface area contributed by atoms with E-state index >= 15 is 0 Å². The maximum absolute atomic E-state index is 13.4. The molecule has 0 spiro atoms. The molecule has 1 atom stereocenters. The molecule has 0 bridgehead atoms. The van der Waals surface area contributed by atoms with E-state index in [4.69, 9.17) is 21.1 Å². The number of methoxy groups -OCH3 is 1. The Morgan fingerprint density at radius 1 is 1.18 bits per heavy atom. The number of alkyl halides is 1. The Balaban J connectivity index is 1.43. The van der Waals surface area contributed by atoms with E-state index in [1.807, 2.05) is 35.2 Å². The van der Waals surface area contributed by atoms with Gasteiger partial charge in [-0.1, -0.05) is 23.7 Å². The van der Waals surface area contributed by atoms with E-state index in [-0.39, 0.29) is 12.3 Å². The van der Waals surface area contributed by atoms with Crippen LogP contribution in [0.4, 0.5) is 4.39 Å². The molecule has 2 aromatic carbocycles. The molecular formula is C24H21ClFN3O3S. The molecule has 0 saturated carbocycles. The molecule has 2 aromatic heterocycles. The van der Waals surface area contributed by atoms with Crippen molar-refractivity contribution in [2.24, 2.45) is 0 Å². The van der Waals surface area contributed by atoms with Gasteiger partial charge in [0.2, 0.25) is 0 Å². The number of likely N-dealkylation sites (tertiary alicyclic amines) is 1. The fraction of sp³-hybridized carbons (Fsp3) is 0.250. The Hall–Kier alpha value is -2.94. The Morgan fingerprint density at radius 2 is 2.00 bits per heavy atom. The van der Waals surface area contributed by atoms with Crippen molar-refractivity contribution >= 4 is 33.2 Å². The van der Waals surface area contributed by atoms with Gasteiger partial charge in [0.25, 0.3) is 5.56 Å². The van der Waals surface area contributed by atoms with Gasteiger partial charge in [0.15, 0.2) is 11.5 Å². The second kappa shape index (κ2) is 9.13. The number of fused-ring (bicyclic) bond motifs is 1. The van der Waals surface area contributed by atoms with Crippen LogP contribution >= 0.6 is 22.9 Å². The van der Waals surface area contributed by atoms with Gasteiger partial charge in [0, 0.05) is 29.1 Å². The molecule has 6 nitrogen and oxygen atoms in total. The van der Waals surface area contributed by atoms with E-state index in [1.54, 1.807) is 25.3 Å². The molecule has 0 amide bonds. The molecule has 1 aliphatic rings. The smallest absolute Gasteiger partial charge is 0.275 e. The summed E-state index contributed by atoms with van der Waals surface area (Å²) in [7, 11) is 1.54. The van der Waals surface area contributed by atoms with Crippen molar-refractivity contribution in [3.63, 3.8) is 0 Å². The lowest BCUT2D eigenvalue weighted by molar-refractivity contribution is 0.139. The maximum atomic E-state index is 13.4. The number of rotatable bonds is 6. The van der Waals surface area contributed by atoms with E-state index < -0.39 is 6.17 Å². The van der Waals surface area contributed by atoms with Gasteiger partial charge in [0.05, 0.1) is 18.3 Å². The van der Waals surface area contributed by atoms with Gasteiger partial charge in [-0.05, 0) is 42.3 Å². The molecule has 170 valence electrons. The van der Waals surface area contributed by atoms with Crippen LogP contribution in [0.1, 0.15) is 6.42 Å². The normalized spacial score (nSPS) is 16.4. The van der Waals surface area contributed by atoms with Crippen LogP contribution in [0.5, 0.6) is 11.5 Å². The Bertz CT molecular complexity index is 1360. The monoisotopic (exact) mass is 485 g/mol. The summed E-state index contributed by atoms with van der Waals surface area (Å²) in [5.41, 5.74) is 2.08. The molecule has 9 heteroatoms. The minimum absolute atomic E-state index is 0.160. The van der Waals surface area contributed by atoms with Crippen molar-refractivity contribution in [3.05, 3.63) is 70.2 Å². The summed E-state index contributed by atoms with van der Waals surface area (Å²) < 4.78 is 26.8. The van der Waals surface area contributed by atoms with Crippen molar-refractivity contribution in [1.82, 2.24) is 14.5 Å². The van der Waals surface area contributed by atoms with Crippen molar-refractivity contribution in [3.8, 4) is 27.6 Å². The average molecular weight is 486 g/mol. The van der Waals surface area contributed by atoms with E-state index in [2.05, 4.69) is 4.98 Å².